The van der Waals surface area contributed by atoms with E-state index in [2.05, 4.69) is 6.92 Å². The molecule has 2 unspecified atom stereocenters. The molecule has 2 saturated carbocycles. The van der Waals surface area contributed by atoms with E-state index in [4.69, 9.17) is 0 Å². The van der Waals surface area contributed by atoms with Crippen molar-refractivity contribution >= 4 is 0 Å². The van der Waals surface area contributed by atoms with E-state index in [1.807, 2.05) is 0 Å². The second-order valence-corrected chi connectivity index (χ2v) is 6.93. The van der Waals surface area contributed by atoms with Crippen molar-refractivity contribution in [3.63, 3.8) is 0 Å². The first-order chi connectivity index (χ1) is 8.34. The van der Waals surface area contributed by atoms with Crippen molar-refractivity contribution in [3.05, 3.63) is 0 Å². The molecule has 0 aromatic heterocycles. The van der Waals surface area contributed by atoms with Crippen molar-refractivity contribution in [1.82, 2.24) is 0 Å². The monoisotopic (exact) mass is 236 g/mol. The summed E-state index contributed by atoms with van der Waals surface area (Å²) < 4.78 is 0. The summed E-state index contributed by atoms with van der Waals surface area (Å²) in [5, 5.41) is 0. The van der Waals surface area contributed by atoms with Gasteiger partial charge in [0, 0.05) is 0 Å². The van der Waals surface area contributed by atoms with Crippen LogP contribution in [0.3, 0.4) is 0 Å². The third kappa shape index (κ3) is 5.02. The van der Waals surface area contributed by atoms with Crippen molar-refractivity contribution in [2.45, 2.75) is 90.4 Å². The smallest absolute Gasteiger partial charge is 0.0412 e. The van der Waals surface area contributed by atoms with Gasteiger partial charge in [-0.1, -0.05) is 84.0 Å². The van der Waals surface area contributed by atoms with Crippen LogP contribution in [0.2, 0.25) is 0 Å². The van der Waals surface area contributed by atoms with Gasteiger partial charge in [0.15, 0.2) is 0 Å². The van der Waals surface area contributed by atoms with Crippen LogP contribution >= 0.6 is 0 Å². The van der Waals surface area contributed by atoms with Gasteiger partial charge < -0.3 is 0 Å². The van der Waals surface area contributed by atoms with Crippen LogP contribution in [0.15, 0.2) is 0 Å². The lowest BCUT2D eigenvalue weighted by molar-refractivity contribution is 0.284. The van der Waals surface area contributed by atoms with Crippen LogP contribution in [0, 0.1) is 17.8 Å². The molecule has 0 aromatic rings. The molecule has 100 valence electrons. The molecular weight excluding hydrogens is 204 g/mol. The van der Waals surface area contributed by atoms with Gasteiger partial charge in [0.05, 0.1) is 0 Å². The summed E-state index contributed by atoms with van der Waals surface area (Å²) in [6.45, 7) is 2.46. The van der Waals surface area contributed by atoms with E-state index < -0.39 is 0 Å². The average molecular weight is 236 g/mol. The second kappa shape index (κ2) is 7.44. The van der Waals surface area contributed by atoms with E-state index in [9.17, 15) is 0 Å². The Morgan fingerprint density at radius 3 is 1.94 bits per heavy atom. The van der Waals surface area contributed by atoms with Gasteiger partial charge >= 0.3 is 0 Å². The van der Waals surface area contributed by atoms with Gasteiger partial charge in [0.25, 0.3) is 0 Å². The maximum atomic E-state index is 2.46. The highest BCUT2D eigenvalue weighted by Crippen LogP contribution is 2.34. The summed E-state index contributed by atoms with van der Waals surface area (Å²) in [4.78, 5) is 0. The van der Waals surface area contributed by atoms with Crippen LogP contribution in [-0.4, -0.2) is 0 Å². The molecule has 2 aliphatic rings. The quantitative estimate of drug-likeness (QED) is 0.519. The van der Waals surface area contributed by atoms with Crippen molar-refractivity contribution < 1.29 is 0 Å². The highest BCUT2D eigenvalue weighted by Gasteiger charge is 2.20. The lowest BCUT2D eigenvalue weighted by Gasteiger charge is -2.24. The summed E-state index contributed by atoms with van der Waals surface area (Å²) in [7, 11) is 0. The van der Waals surface area contributed by atoms with Gasteiger partial charge in [0.2, 0.25) is 0 Å². The SMILES string of the molecule is CC1CCCC(CC2CCCCCCC2)CC1. The van der Waals surface area contributed by atoms with Crippen molar-refractivity contribution in [1.29, 1.82) is 0 Å². The normalized spacial score (nSPS) is 33.7. The Morgan fingerprint density at radius 2 is 1.18 bits per heavy atom. The zero-order valence-electron chi connectivity index (χ0n) is 11.9. The molecule has 0 bridgehead atoms. The molecule has 2 fully saturated rings. The van der Waals surface area contributed by atoms with Crippen LogP contribution in [0.5, 0.6) is 0 Å². The van der Waals surface area contributed by atoms with E-state index in [0.717, 1.165) is 17.8 Å². The lowest BCUT2D eigenvalue weighted by Crippen LogP contribution is -2.10. The lowest BCUT2D eigenvalue weighted by atomic mass is 9.82. The Hall–Kier alpha value is 0. The van der Waals surface area contributed by atoms with Gasteiger partial charge in [-0.3, -0.25) is 0 Å². The van der Waals surface area contributed by atoms with E-state index in [1.54, 1.807) is 25.7 Å². The molecule has 0 spiro atoms. The summed E-state index contributed by atoms with van der Waals surface area (Å²) >= 11 is 0. The molecule has 0 nitrogen and oxygen atoms in total. The van der Waals surface area contributed by atoms with Crippen LogP contribution in [-0.2, 0) is 0 Å². The fourth-order valence-corrected chi connectivity index (χ4v) is 4.05. The molecule has 0 saturated heterocycles. The maximum Gasteiger partial charge on any atom is -0.0412 e. The zero-order chi connectivity index (χ0) is 11.9. The molecule has 0 amide bonds. The molecule has 0 heterocycles. The van der Waals surface area contributed by atoms with E-state index >= 15 is 0 Å². The minimum absolute atomic E-state index is 1.01. The molecule has 0 radical (unpaired) electrons. The predicted octanol–water partition coefficient (Wildman–Crippen LogP) is 5.95. The fourth-order valence-electron chi connectivity index (χ4n) is 4.05. The van der Waals surface area contributed by atoms with Crippen LogP contribution in [0.1, 0.15) is 90.4 Å². The molecule has 0 N–H and O–H groups in total. The van der Waals surface area contributed by atoms with E-state index in [-0.39, 0.29) is 0 Å². The Bertz CT molecular complexity index is 185. The third-order valence-electron chi connectivity index (χ3n) is 5.27. The molecule has 0 aliphatic heterocycles. The van der Waals surface area contributed by atoms with Crippen molar-refractivity contribution in [2.75, 3.05) is 0 Å². The van der Waals surface area contributed by atoms with Gasteiger partial charge in [0.1, 0.15) is 0 Å². The predicted molar refractivity (Wildman–Crippen MR) is 76.2 cm³/mol. The first-order valence-corrected chi connectivity index (χ1v) is 8.34. The number of hydrogen-bond donors (Lipinski definition) is 0. The molecule has 17 heavy (non-hydrogen) atoms. The number of hydrogen-bond acceptors (Lipinski definition) is 0. The summed E-state index contributed by atoms with van der Waals surface area (Å²) in [5.41, 5.74) is 0. The first kappa shape index (κ1) is 13.4. The molecular formula is C17H32. The molecule has 2 rings (SSSR count). The highest BCUT2D eigenvalue weighted by atomic mass is 14.3. The van der Waals surface area contributed by atoms with Crippen LogP contribution < -0.4 is 0 Å². The first-order valence-electron chi connectivity index (χ1n) is 8.34. The van der Waals surface area contributed by atoms with Crippen LogP contribution in [0.25, 0.3) is 0 Å². The Labute approximate surface area is 109 Å². The second-order valence-electron chi connectivity index (χ2n) is 6.93. The van der Waals surface area contributed by atoms with Gasteiger partial charge in [-0.05, 0) is 24.2 Å². The van der Waals surface area contributed by atoms with Gasteiger partial charge in [-0.15, -0.1) is 0 Å². The van der Waals surface area contributed by atoms with Crippen LogP contribution in [0.4, 0.5) is 0 Å². The molecule has 2 atom stereocenters. The molecule has 0 aromatic carbocycles. The van der Waals surface area contributed by atoms with Gasteiger partial charge in [-0.25, -0.2) is 0 Å². The van der Waals surface area contributed by atoms with E-state index in [1.165, 1.54) is 57.8 Å². The average Bonchev–Trinajstić information content (AvgIpc) is 2.47. The summed E-state index contributed by atoms with van der Waals surface area (Å²) in [5.74, 6) is 3.19. The minimum atomic E-state index is 1.01. The largest absolute Gasteiger partial charge is 0.0625 e. The standard InChI is InChI=1S/C17H32/c1-15-8-7-11-17(13-12-15)14-16-9-5-3-2-4-6-10-16/h15-17H,2-14H2,1H3. The summed E-state index contributed by atoms with van der Waals surface area (Å²) in [6.07, 6.45) is 19.9. The third-order valence-corrected chi connectivity index (χ3v) is 5.27. The zero-order valence-corrected chi connectivity index (χ0v) is 11.9. The van der Waals surface area contributed by atoms with Gasteiger partial charge in [-0.2, -0.15) is 0 Å². The topological polar surface area (TPSA) is 0 Å². The Kier molecular flexibility index (Phi) is 5.88. The highest BCUT2D eigenvalue weighted by molar-refractivity contribution is 4.73. The summed E-state index contributed by atoms with van der Waals surface area (Å²) in [6, 6.07) is 0. The molecule has 2 aliphatic carbocycles. The van der Waals surface area contributed by atoms with E-state index in [0.29, 0.717) is 0 Å². The Morgan fingerprint density at radius 1 is 0.588 bits per heavy atom. The maximum absolute atomic E-state index is 2.46. The van der Waals surface area contributed by atoms with Crippen molar-refractivity contribution in [3.8, 4) is 0 Å². The Balaban J connectivity index is 1.73. The molecule has 0 heteroatoms. The number of rotatable bonds is 2. The minimum Gasteiger partial charge on any atom is -0.0625 e. The fraction of sp³-hybridized carbons (Fsp3) is 1.00. The van der Waals surface area contributed by atoms with Crippen molar-refractivity contribution in [2.24, 2.45) is 17.8 Å².